The van der Waals surface area contributed by atoms with E-state index in [-0.39, 0.29) is 17.1 Å². The number of thiazole rings is 1. The molecule has 0 saturated heterocycles. The molecule has 6 rings (SSSR count). The van der Waals surface area contributed by atoms with E-state index in [9.17, 15) is 14.7 Å². The number of carbonyl (C=O) groups excluding carboxylic acids is 1. The van der Waals surface area contributed by atoms with Crippen LogP contribution >= 0.6 is 22.9 Å². The number of phenolic OH excluding ortho intramolecular Hbond substituents is 1. The SMILES string of the molecule is COc1cc([C@H]2C(C(=O)Nc3ccccc3)=C(C)N=c3s/c(=C\c4ccccc4OCc4cccc(Cl)c4)c(=O)n32)ccc1O. The second kappa shape index (κ2) is 12.9. The predicted molar refractivity (Wildman–Crippen MR) is 176 cm³/mol. The summed E-state index contributed by atoms with van der Waals surface area (Å²) in [4.78, 5) is 33.1. The van der Waals surface area contributed by atoms with E-state index in [0.29, 0.717) is 54.8 Å². The van der Waals surface area contributed by atoms with E-state index in [1.807, 2.05) is 60.7 Å². The van der Waals surface area contributed by atoms with Crippen molar-refractivity contribution in [2.75, 3.05) is 12.4 Å². The van der Waals surface area contributed by atoms with Crippen molar-refractivity contribution in [1.29, 1.82) is 0 Å². The van der Waals surface area contributed by atoms with Crippen LogP contribution in [0, 0.1) is 0 Å². The average Bonchev–Trinajstić information content (AvgIpc) is 3.34. The highest BCUT2D eigenvalue weighted by atomic mass is 35.5. The first-order valence-electron chi connectivity index (χ1n) is 14.0. The van der Waals surface area contributed by atoms with E-state index >= 15 is 0 Å². The third-order valence-corrected chi connectivity index (χ3v) is 8.52. The highest BCUT2D eigenvalue weighted by Gasteiger charge is 2.33. The number of rotatable bonds is 8. The van der Waals surface area contributed by atoms with Crippen LogP contribution in [-0.4, -0.2) is 22.7 Å². The second-order valence-electron chi connectivity index (χ2n) is 10.3. The molecule has 0 bridgehead atoms. The third kappa shape index (κ3) is 6.26. The summed E-state index contributed by atoms with van der Waals surface area (Å²) >= 11 is 7.36. The van der Waals surface area contributed by atoms with Crippen LogP contribution < -0.4 is 29.7 Å². The van der Waals surface area contributed by atoms with Crippen molar-refractivity contribution in [1.82, 2.24) is 4.57 Å². The number of para-hydroxylation sites is 2. The van der Waals surface area contributed by atoms with Gasteiger partial charge in [0.05, 0.1) is 29.0 Å². The Labute approximate surface area is 267 Å². The van der Waals surface area contributed by atoms with E-state index in [4.69, 9.17) is 26.1 Å². The summed E-state index contributed by atoms with van der Waals surface area (Å²) < 4.78 is 13.4. The number of fused-ring (bicyclic) bond motifs is 1. The van der Waals surface area contributed by atoms with E-state index < -0.39 is 11.9 Å². The monoisotopic (exact) mass is 637 g/mol. The molecule has 0 fully saturated rings. The number of hydrogen-bond donors (Lipinski definition) is 2. The second-order valence-corrected chi connectivity index (χ2v) is 11.7. The molecular weight excluding hydrogens is 610 g/mol. The van der Waals surface area contributed by atoms with Gasteiger partial charge >= 0.3 is 0 Å². The molecule has 226 valence electrons. The Morgan fingerprint density at radius 3 is 2.58 bits per heavy atom. The van der Waals surface area contributed by atoms with Crippen LogP contribution in [0.3, 0.4) is 0 Å². The Bertz CT molecular complexity index is 2120. The molecule has 1 aliphatic rings. The lowest BCUT2D eigenvalue weighted by Crippen LogP contribution is -2.40. The maximum Gasteiger partial charge on any atom is 0.271 e. The first kappa shape index (κ1) is 29.9. The van der Waals surface area contributed by atoms with Gasteiger partial charge in [0.15, 0.2) is 16.3 Å². The number of aromatic hydroxyl groups is 1. The van der Waals surface area contributed by atoms with Crippen molar-refractivity contribution in [3.8, 4) is 17.2 Å². The van der Waals surface area contributed by atoms with Crippen LogP contribution in [-0.2, 0) is 11.4 Å². The van der Waals surface area contributed by atoms with E-state index in [0.717, 1.165) is 5.56 Å². The number of nitrogens with one attached hydrogen (secondary N) is 1. The Morgan fingerprint density at radius 1 is 1.02 bits per heavy atom. The Hall–Kier alpha value is -5.12. The van der Waals surface area contributed by atoms with Gasteiger partial charge in [-0.2, -0.15) is 0 Å². The zero-order chi connectivity index (χ0) is 31.5. The van der Waals surface area contributed by atoms with Crippen LogP contribution in [0.4, 0.5) is 5.69 Å². The van der Waals surface area contributed by atoms with Crippen LogP contribution in [0.5, 0.6) is 17.2 Å². The largest absolute Gasteiger partial charge is 0.504 e. The number of carbonyl (C=O) groups is 1. The number of allylic oxidation sites excluding steroid dienone is 1. The number of ether oxygens (including phenoxy) is 2. The van der Waals surface area contributed by atoms with Gasteiger partial charge in [0.1, 0.15) is 12.4 Å². The standard InChI is InChI=1S/C35H28ClN3O5S/c1-21-31(33(41)38-26-12-4-3-5-13-26)32(24-15-16-27(40)29(18-24)43-2)39-34(42)30(45-35(39)37-21)19-23-10-6-7-14-28(23)44-20-22-9-8-11-25(36)17-22/h3-19,32,40H,20H2,1-2H3,(H,38,41)/b30-19-/t32-/m0/s1. The minimum absolute atomic E-state index is 0.0565. The highest BCUT2D eigenvalue weighted by molar-refractivity contribution is 7.07. The van der Waals surface area contributed by atoms with E-state index in [1.54, 1.807) is 43.3 Å². The van der Waals surface area contributed by atoms with E-state index in [2.05, 4.69) is 5.32 Å². The quantitative estimate of drug-likeness (QED) is 0.223. The molecule has 2 heterocycles. The number of nitrogens with zero attached hydrogens (tertiary/aromatic N) is 2. The third-order valence-electron chi connectivity index (χ3n) is 7.31. The molecule has 0 aliphatic carbocycles. The first-order chi connectivity index (χ1) is 21.8. The average molecular weight is 638 g/mol. The number of phenols is 1. The normalized spacial score (nSPS) is 14.5. The van der Waals surface area contributed by atoms with Gasteiger partial charge in [0, 0.05) is 16.3 Å². The molecule has 0 unspecified atom stereocenters. The Balaban J connectivity index is 1.45. The van der Waals surface area contributed by atoms with Crippen molar-refractivity contribution in [2.45, 2.75) is 19.6 Å². The Kier molecular flexibility index (Phi) is 8.55. The number of hydrogen-bond acceptors (Lipinski definition) is 7. The zero-order valence-corrected chi connectivity index (χ0v) is 25.9. The lowest BCUT2D eigenvalue weighted by Gasteiger charge is -2.25. The van der Waals surface area contributed by atoms with Crippen molar-refractivity contribution in [3.63, 3.8) is 0 Å². The molecule has 1 amide bonds. The lowest BCUT2D eigenvalue weighted by atomic mass is 9.94. The molecular formula is C35H28ClN3O5S. The molecule has 8 nitrogen and oxygen atoms in total. The topological polar surface area (TPSA) is 102 Å². The number of benzene rings is 4. The predicted octanol–water partition coefficient (Wildman–Crippen LogP) is 5.82. The number of anilines is 1. The number of amides is 1. The fourth-order valence-corrected chi connectivity index (χ4v) is 6.42. The molecule has 2 N–H and O–H groups in total. The number of aromatic nitrogens is 1. The van der Waals surface area contributed by atoms with Crippen molar-refractivity contribution < 1.29 is 19.4 Å². The van der Waals surface area contributed by atoms with Crippen LogP contribution in [0.2, 0.25) is 5.02 Å². The van der Waals surface area contributed by atoms with Gasteiger partial charge in [-0.1, -0.05) is 77.5 Å². The summed E-state index contributed by atoms with van der Waals surface area (Å²) in [6.07, 6.45) is 1.77. The van der Waals surface area contributed by atoms with E-state index in [1.165, 1.54) is 29.1 Å². The smallest absolute Gasteiger partial charge is 0.271 e. The molecule has 4 aromatic carbocycles. The van der Waals surface area contributed by atoms with Gasteiger partial charge < -0.3 is 19.9 Å². The molecule has 1 atom stereocenters. The minimum atomic E-state index is -0.837. The summed E-state index contributed by atoms with van der Waals surface area (Å²) in [5.41, 5.74) is 3.27. The van der Waals surface area contributed by atoms with Crippen LogP contribution in [0.15, 0.2) is 118 Å². The molecule has 45 heavy (non-hydrogen) atoms. The van der Waals surface area contributed by atoms with Crippen LogP contribution in [0.1, 0.15) is 29.7 Å². The first-order valence-corrected chi connectivity index (χ1v) is 15.2. The van der Waals surface area contributed by atoms with Crippen molar-refractivity contribution in [2.24, 2.45) is 4.99 Å². The molecule has 10 heteroatoms. The van der Waals surface area contributed by atoms with Gasteiger partial charge in [0.25, 0.3) is 11.5 Å². The van der Waals surface area contributed by atoms with Gasteiger partial charge in [-0.15, -0.1) is 0 Å². The Morgan fingerprint density at radius 2 is 1.80 bits per heavy atom. The molecule has 5 aromatic rings. The molecule has 1 aromatic heterocycles. The van der Waals surface area contributed by atoms with Crippen LogP contribution in [0.25, 0.3) is 6.08 Å². The summed E-state index contributed by atoms with van der Waals surface area (Å²) in [5.74, 6) is 0.368. The zero-order valence-electron chi connectivity index (χ0n) is 24.4. The van der Waals surface area contributed by atoms with Gasteiger partial charge in [-0.3, -0.25) is 14.2 Å². The summed E-state index contributed by atoms with van der Waals surface area (Å²) in [5, 5.41) is 13.9. The number of methoxy groups -OCH3 is 1. The fourth-order valence-electron chi connectivity index (χ4n) is 5.17. The van der Waals surface area contributed by atoms with Crippen molar-refractivity contribution in [3.05, 3.63) is 150 Å². The molecule has 0 radical (unpaired) electrons. The molecule has 0 saturated carbocycles. The molecule has 0 spiro atoms. The summed E-state index contributed by atoms with van der Waals surface area (Å²) in [6, 6.07) is 27.9. The maximum absolute atomic E-state index is 14.2. The summed E-state index contributed by atoms with van der Waals surface area (Å²) in [7, 11) is 1.44. The lowest BCUT2D eigenvalue weighted by molar-refractivity contribution is -0.113. The minimum Gasteiger partial charge on any atom is -0.504 e. The number of halogens is 1. The van der Waals surface area contributed by atoms with Gasteiger partial charge in [-0.05, 0) is 66.6 Å². The van der Waals surface area contributed by atoms with Gasteiger partial charge in [0.2, 0.25) is 0 Å². The van der Waals surface area contributed by atoms with Crippen molar-refractivity contribution >= 4 is 40.6 Å². The van der Waals surface area contributed by atoms with Gasteiger partial charge in [-0.25, -0.2) is 4.99 Å². The highest BCUT2D eigenvalue weighted by Crippen LogP contribution is 2.35. The molecule has 1 aliphatic heterocycles. The summed E-state index contributed by atoms with van der Waals surface area (Å²) in [6.45, 7) is 2.05. The fraction of sp³-hybridized carbons (Fsp3) is 0.114. The maximum atomic E-state index is 14.2.